The topological polar surface area (TPSA) is 67.4 Å². The minimum absolute atomic E-state index is 0.127. The third-order valence-corrected chi connectivity index (χ3v) is 3.50. The van der Waals surface area contributed by atoms with Gasteiger partial charge in [-0.3, -0.25) is 20.4 Å². The molecule has 23 heavy (non-hydrogen) atoms. The summed E-state index contributed by atoms with van der Waals surface area (Å²) in [6.07, 6.45) is 3.32. The minimum Gasteiger partial charge on any atom is -0.483 e. The van der Waals surface area contributed by atoms with Crippen molar-refractivity contribution in [1.29, 1.82) is 0 Å². The van der Waals surface area contributed by atoms with Crippen molar-refractivity contribution in [1.82, 2.24) is 10.9 Å². The molecular weight excluding hydrogens is 292 g/mol. The van der Waals surface area contributed by atoms with Crippen LogP contribution in [-0.4, -0.2) is 18.4 Å². The molecule has 1 aromatic rings. The largest absolute Gasteiger partial charge is 0.483 e. The molecule has 0 aliphatic rings. The summed E-state index contributed by atoms with van der Waals surface area (Å²) in [6, 6.07) is 5.97. The molecule has 128 valence electrons. The van der Waals surface area contributed by atoms with E-state index in [0.29, 0.717) is 18.1 Å². The molecule has 0 aromatic heterocycles. The number of carbonyl (C=O) groups is 2. The molecule has 0 fully saturated rings. The molecule has 0 spiro atoms. The molecule has 0 heterocycles. The lowest BCUT2D eigenvalue weighted by atomic mass is 10.0. The zero-order chi connectivity index (χ0) is 17.2. The quantitative estimate of drug-likeness (QED) is 0.571. The van der Waals surface area contributed by atoms with E-state index in [2.05, 4.69) is 31.6 Å². The van der Waals surface area contributed by atoms with Crippen LogP contribution in [0.2, 0.25) is 0 Å². The number of ether oxygens (including phenoxy) is 1. The average molecular weight is 320 g/mol. The molecule has 0 saturated heterocycles. The van der Waals surface area contributed by atoms with Gasteiger partial charge in [-0.05, 0) is 36.5 Å². The van der Waals surface area contributed by atoms with E-state index in [4.69, 9.17) is 4.74 Å². The maximum absolute atomic E-state index is 11.8. The third kappa shape index (κ3) is 7.17. The monoisotopic (exact) mass is 320 g/mol. The summed E-state index contributed by atoms with van der Waals surface area (Å²) in [4.78, 5) is 23.3. The predicted molar refractivity (Wildman–Crippen MR) is 91.2 cm³/mol. The number of hydrogen-bond acceptors (Lipinski definition) is 3. The van der Waals surface area contributed by atoms with Crippen LogP contribution in [0.4, 0.5) is 0 Å². The maximum Gasteiger partial charge on any atom is 0.276 e. The molecular formula is C18H28N2O3. The summed E-state index contributed by atoms with van der Waals surface area (Å²) in [7, 11) is 0. The van der Waals surface area contributed by atoms with Gasteiger partial charge >= 0.3 is 0 Å². The Hall–Kier alpha value is -2.04. The van der Waals surface area contributed by atoms with Crippen molar-refractivity contribution >= 4 is 11.8 Å². The fourth-order valence-corrected chi connectivity index (χ4v) is 2.16. The zero-order valence-electron chi connectivity index (χ0n) is 14.6. The molecule has 2 N–H and O–H groups in total. The summed E-state index contributed by atoms with van der Waals surface area (Å²) in [5, 5.41) is 0. The van der Waals surface area contributed by atoms with Gasteiger partial charge in [-0.25, -0.2) is 0 Å². The Labute approximate surface area is 138 Å². The van der Waals surface area contributed by atoms with Crippen molar-refractivity contribution < 1.29 is 14.3 Å². The first-order chi connectivity index (χ1) is 10.9. The lowest BCUT2D eigenvalue weighted by molar-refractivity contribution is -0.130. The van der Waals surface area contributed by atoms with Crippen LogP contribution in [0.1, 0.15) is 63.5 Å². The smallest absolute Gasteiger partial charge is 0.276 e. The summed E-state index contributed by atoms with van der Waals surface area (Å²) < 4.78 is 5.61. The number of benzene rings is 1. The average Bonchev–Trinajstić information content (AvgIpc) is 2.51. The number of unbranched alkanes of at least 4 members (excludes halogenated alkanes) is 2. The van der Waals surface area contributed by atoms with Gasteiger partial charge in [-0.1, -0.05) is 45.7 Å². The summed E-state index contributed by atoms with van der Waals surface area (Å²) in [5.41, 5.74) is 6.93. The number of carbonyl (C=O) groups excluding carboxylic acids is 2. The van der Waals surface area contributed by atoms with Crippen LogP contribution in [0.25, 0.3) is 0 Å². The number of rotatable bonds is 8. The summed E-state index contributed by atoms with van der Waals surface area (Å²) in [6.45, 7) is 8.09. The van der Waals surface area contributed by atoms with Gasteiger partial charge in [0.25, 0.3) is 5.91 Å². The molecule has 0 atom stereocenters. The van der Waals surface area contributed by atoms with Crippen molar-refractivity contribution in [3.63, 3.8) is 0 Å². The van der Waals surface area contributed by atoms with Crippen molar-refractivity contribution in [2.45, 2.75) is 59.3 Å². The van der Waals surface area contributed by atoms with Gasteiger partial charge < -0.3 is 4.74 Å². The maximum atomic E-state index is 11.8. The van der Waals surface area contributed by atoms with Crippen LogP contribution in [0.3, 0.4) is 0 Å². The molecule has 0 unspecified atom stereocenters. The molecule has 1 aromatic carbocycles. The molecule has 0 aliphatic heterocycles. The molecule has 5 heteroatoms. The van der Waals surface area contributed by atoms with Crippen LogP contribution in [0.5, 0.6) is 5.75 Å². The van der Waals surface area contributed by atoms with Gasteiger partial charge in [0.2, 0.25) is 5.91 Å². The first-order valence-electron chi connectivity index (χ1n) is 8.25. The van der Waals surface area contributed by atoms with E-state index in [9.17, 15) is 9.59 Å². The second-order valence-corrected chi connectivity index (χ2v) is 6.04. The Kier molecular flexibility index (Phi) is 8.16. The van der Waals surface area contributed by atoms with E-state index in [-0.39, 0.29) is 18.4 Å². The summed E-state index contributed by atoms with van der Waals surface area (Å²) >= 11 is 0. The van der Waals surface area contributed by atoms with Crippen molar-refractivity contribution in [3.8, 4) is 5.75 Å². The fraction of sp³-hybridized carbons (Fsp3) is 0.556. The van der Waals surface area contributed by atoms with Crippen LogP contribution in [0, 0.1) is 6.92 Å². The van der Waals surface area contributed by atoms with E-state index >= 15 is 0 Å². The number of amides is 2. The van der Waals surface area contributed by atoms with Gasteiger partial charge in [0, 0.05) is 6.42 Å². The zero-order valence-corrected chi connectivity index (χ0v) is 14.6. The Morgan fingerprint density at radius 1 is 1.13 bits per heavy atom. The van der Waals surface area contributed by atoms with E-state index < -0.39 is 0 Å². The predicted octanol–water partition coefficient (Wildman–Crippen LogP) is 3.22. The SMILES string of the molecule is CCCCCC(=O)NNC(=O)COc1cc(C)ccc1C(C)C. The fourth-order valence-electron chi connectivity index (χ4n) is 2.16. The Morgan fingerprint density at radius 3 is 2.48 bits per heavy atom. The van der Waals surface area contributed by atoms with Crippen molar-refractivity contribution in [2.75, 3.05) is 6.61 Å². The normalized spacial score (nSPS) is 10.5. The molecule has 5 nitrogen and oxygen atoms in total. The molecule has 0 radical (unpaired) electrons. The van der Waals surface area contributed by atoms with Crippen molar-refractivity contribution in [3.05, 3.63) is 29.3 Å². The van der Waals surface area contributed by atoms with Gasteiger partial charge in [0.1, 0.15) is 5.75 Å². The summed E-state index contributed by atoms with van der Waals surface area (Å²) in [5.74, 6) is 0.478. The van der Waals surface area contributed by atoms with Crippen LogP contribution in [-0.2, 0) is 9.59 Å². The molecule has 0 bridgehead atoms. The molecule has 0 saturated carbocycles. The highest BCUT2D eigenvalue weighted by atomic mass is 16.5. The van der Waals surface area contributed by atoms with Gasteiger partial charge in [-0.2, -0.15) is 0 Å². The number of aryl methyl sites for hydroxylation is 1. The first kappa shape index (κ1) is 19.0. The second-order valence-electron chi connectivity index (χ2n) is 6.04. The lowest BCUT2D eigenvalue weighted by Gasteiger charge is -2.15. The first-order valence-corrected chi connectivity index (χ1v) is 8.25. The lowest BCUT2D eigenvalue weighted by Crippen LogP contribution is -2.43. The third-order valence-electron chi connectivity index (χ3n) is 3.50. The van der Waals surface area contributed by atoms with Gasteiger partial charge in [0.15, 0.2) is 6.61 Å². The Morgan fingerprint density at radius 2 is 1.83 bits per heavy atom. The van der Waals surface area contributed by atoms with E-state index in [0.717, 1.165) is 30.4 Å². The second kappa shape index (κ2) is 9.87. The Bertz CT molecular complexity index is 527. The number of nitrogens with one attached hydrogen (secondary N) is 2. The highest BCUT2D eigenvalue weighted by molar-refractivity contribution is 5.82. The minimum atomic E-state index is -0.370. The standard InChI is InChI=1S/C18H28N2O3/c1-5-6-7-8-17(21)19-20-18(22)12-23-16-11-14(4)9-10-15(16)13(2)3/h9-11,13H,5-8,12H2,1-4H3,(H,19,21)(H,20,22). The highest BCUT2D eigenvalue weighted by Crippen LogP contribution is 2.27. The van der Waals surface area contributed by atoms with Crippen LogP contribution in [0.15, 0.2) is 18.2 Å². The van der Waals surface area contributed by atoms with Crippen molar-refractivity contribution in [2.24, 2.45) is 0 Å². The molecule has 0 aliphatic carbocycles. The number of hydrazine groups is 1. The number of hydrogen-bond donors (Lipinski definition) is 2. The molecule has 2 amide bonds. The van der Waals surface area contributed by atoms with Crippen LogP contribution < -0.4 is 15.6 Å². The molecule has 1 rings (SSSR count). The van der Waals surface area contributed by atoms with E-state index in [1.807, 2.05) is 25.1 Å². The van der Waals surface area contributed by atoms with Gasteiger partial charge in [0.05, 0.1) is 0 Å². The van der Waals surface area contributed by atoms with Crippen LogP contribution >= 0.6 is 0 Å². The van der Waals surface area contributed by atoms with Gasteiger partial charge in [-0.15, -0.1) is 0 Å². The highest BCUT2D eigenvalue weighted by Gasteiger charge is 2.10. The van der Waals surface area contributed by atoms with E-state index in [1.54, 1.807) is 0 Å². The Balaban J connectivity index is 2.42. The van der Waals surface area contributed by atoms with E-state index in [1.165, 1.54) is 0 Å².